The van der Waals surface area contributed by atoms with Crippen LogP contribution in [0.3, 0.4) is 0 Å². The first-order chi connectivity index (χ1) is 17.0. The number of nitrogens with one attached hydrogen (secondary N) is 1. The molecular weight excluding hydrogens is 497 g/mol. The van der Waals surface area contributed by atoms with Crippen molar-refractivity contribution in [2.24, 2.45) is 4.36 Å². The van der Waals surface area contributed by atoms with Gasteiger partial charge in [-0.15, -0.1) is 8.25 Å². The minimum atomic E-state index is -4.57. The number of fused-ring (bicyclic) bond motifs is 1. The summed E-state index contributed by atoms with van der Waals surface area (Å²) in [6, 6.07) is 14.2. The number of carbonyl (C=O) groups is 3. The number of hydrogen-bond acceptors (Lipinski definition) is 5. The molecule has 2 heterocycles. The van der Waals surface area contributed by atoms with Gasteiger partial charge in [0.15, 0.2) is 0 Å². The third-order valence-electron chi connectivity index (χ3n) is 5.58. The highest BCUT2D eigenvalue weighted by Crippen LogP contribution is 2.33. The lowest BCUT2D eigenvalue weighted by Gasteiger charge is -2.21. The van der Waals surface area contributed by atoms with Crippen molar-refractivity contribution in [1.29, 1.82) is 0 Å². The molecule has 0 bridgehead atoms. The van der Waals surface area contributed by atoms with Gasteiger partial charge >= 0.3 is 0 Å². The number of likely N-dealkylation sites (tertiary alicyclic amines) is 1. The highest BCUT2D eigenvalue weighted by atomic mass is 32.3. The van der Waals surface area contributed by atoms with Crippen molar-refractivity contribution < 1.29 is 31.3 Å². The molecule has 36 heavy (non-hydrogen) atoms. The van der Waals surface area contributed by atoms with E-state index in [-0.39, 0.29) is 5.56 Å². The van der Waals surface area contributed by atoms with E-state index in [1.807, 2.05) is 0 Å². The SMILES string of the molecule is O=C(NCC(=O)N1CC(F)(F)CC1C(=O)N=S(=O)(F)Cc1ccccc1)c1ccnc2ccccc12. The summed E-state index contributed by atoms with van der Waals surface area (Å²) in [6.07, 6.45) is 0.324. The lowest BCUT2D eigenvalue weighted by Crippen LogP contribution is -2.45. The molecule has 2 unspecified atom stereocenters. The van der Waals surface area contributed by atoms with E-state index in [4.69, 9.17) is 0 Å². The predicted molar refractivity (Wildman–Crippen MR) is 126 cm³/mol. The molecule has 3 aromatic rings. The second-order valence-electron chi connectivity index (χ2n) is 8.28. The molecule has 3 amide bonds. The Kier molecular flexibility index (Phi) is 7.07. The van der Waals surface area contributed by atoms with Crippen LogP contribution >= 0.6 is 0 Å². The number of nitrogens with zero attached hydrogens (tertiary/aromatic N) is 3. The van der Waals surface area contributed by atoms with Crippen molar-refractivity contribution in [1.82, 2.24) is 15.2 Å². The van der Waals surface area contributed by atoms with Crippen LogP contribution in [0.4, 0.5) is 12.7 Å². The first-order valence-electron chi connectivity index (χ1n) is 10.9. The maximum Gasteiger partial charge on any atom is 0.278 e. The van der Waals surface area contributed by atoms with Crippen molar-refractivity contribution in [2.45, 2.75) is 24.1 Å². The Hall–Kier alpha value is -3.80. The van der Waals surface area contributed by atoms with Crippen LogP contribution in [-0.2, 0) is 25.5 Å². The molecule has 0 aliphatic carbocycles. The molecule has 188 valence electrons. The van der Waals surface area contributed by atoms with Gasteiger partial charge in [0, 0.05) is 18.0 Å². The smallest absolute Gasteiger partial charge is 0.278 e. The van der Waals surface area contributed by atoms with E-state index >= 15 is 0 Å². The summed E-state index contributed by atoms with van der Waals surface area (Å²) >= 11 is 0. The molecule has 12 heteroatoms. The molecule has 1 fully saturated rings. The Balaban J connectivity index is 1.47. The first kappa shape index (κ1) is 25.3. The number of hydrogen-bond donors (Lipinski definition) is 1. The van der Waals surface area contributed by atoms with Crippen LogP contribution in [0.2, 0.25) is 0 Å². The van der Waals surface area contributed by atoms with Crippen molar-refractivity contribution in [2.75, 3.05) is 13.1 Å². The molecule has 8 nitrogen and oxygen atoms in total. The van der Waals surface area contributed by atoms with Gasteiger partial charge in [-0.3, -0.25) is 19.4 Å². The minimum absolute atomic E-state index is 0.223. The van der Waals surface area contributed by atoms with Crippen LogP contribution in [0.25, 0.3) is 10.9 Å². The number of alkyl halides is 2. The van der Waals surface area contributed by atoms with Gasteiger partial charge in [0.2, 0.25) is 16.0 Å². The molecule has 0 radical (unpaired) electrons. The van der Waals surface area contributed by atoms with Gasteiger partial charge in [0.1, 0.15) is 6.04 Å². The van der Waals surface area contributed by atoms with Gasteiger partial charge in [-0.1, -0.05) is 48.5 Å². The molecule has 1 aliphatic heterocycles. The summed E-state index contributed by atoms with van der Waals surface area (Å²) in [6.45, 7) is -1.80. The third-order valence-corrected chi connectivity index (χ3v) is 6.72. The minimum Gasteiger partial charge on any atom is -0.343 e. The van der Waals surface area contributed by atoms with Crippen LogP contribution in [0.15, 0.2) is 71.2 Å². The van der Waals surface area contributed by atoms with Gasteiger partial charge in [0.25, 0.3) is 17.7 Å². The highest BCUT2D eigenvalue weighted by Gasteiger charge is 2.50. The molecule has 4 rings (SSSR count). The Morgan fingerprint density at radius 1 is 1.08 bits per heavy atom. The zero-order valence-corrected chi connectivity index (χ0v) is 19.6. The van der Waals surface area contributed by atoms with Crippen LogP contribution in [0.5, 0.6) is 0 Å². The van der Waals surface area contributed by atoms with Crippen LogP contribution in [-0.4, -0.2) is 56.9 Å². The number of benzene rings is 2. The molecule has 2 atom stereocenters. The van der Waals surface area contributed by atoms with E-state index < -0.39 is 65.1 Å². The number of para-hydroxylation sites is 1. The topological polar surface area (TPSA) is 109 Å². The van der Waals surface area contributed by atoms with E-state index in [0.717, 1.165) is 0 Å². The summed E-state index contributed by atoms with van der Waals surface area (Å²) < 4.78 is 58.1. The first-order valence-corrected chi connectivity index (χ1v) is 12.4. The van der Waals surface area contributed by atoms with E-state index in [1.54, 1.807) is 42.5 Å². The number of rotatable bonds is 6. The van der Waals surface area contributed by atoms with E-state index in [9.17, 15) is 31.3 Å². The summed E-state index contributed by atoms with van der Waals surface area (Å²) in [5.74, 6) is -7.19. The second kappa shape index (κ2) is 10.1. The summed E-state index contributed by atoms with van der Waals surface area (Å²) in [5.41, 5.74) is 1.08. The zero-order valence-electron chi connectivity index (χ0n) is 18.8. The zero-order chi connectivity index (χ0) is 25.9. The van der Waals surface area contributed by atoms with Gasteiger partial charge in [-0.25, -0.2) is 13.0 Å². The number of halogens is 3. The Morgan fingerprint density at radius 2 is 1.78 bits per heavy atom. The molecule has 2 aromatic carbocycles. The second-order valence-corrected chi connectivity index (χ2v) is 9.87. The number of aromatic nitrogens is 1. The van der Waals surface area contributed by atoms with Crippen molar-refractivity contribution in [3.05, 3.63) is 78.0 Å². The van der Waals surface area contributed by atoms with E-state index in [2.05, 4.69) is 14.7 Å². The van der Waals surface area contributed by atoms with Crippen LogP contribution in [0.1, 0.15) is 22.3 Å². The summed E-state index contributed by atoms with van der Waals surface area (Å²) in [5, 5.41) is 2.89. The molecule has 0 saturated carbocycles. The van der Waals surface area contributed by atoms with Gasteiger partial charge in [-0.2, -0.15) is 0 Å². The van der Waals surface area contributed by atoms with E-state index in [1.165, 1.54) is 24.4 Å². The largest absolute Gasteiger partial charge is 0.343 e. The quantitative estimate of drug-likeness (QED) is 0.504. The van der Waals surface area contributed by atoms with Crippen LogP contribution < -0.4 is 5.32 Å². The molecule has 1 N–H and O–H groups in total. The number of amides is 3. The Labute approximate surface area is 205 Å². The number of carbonyl (C=O) groups excluding carboxylic acids is 3. The maximum atomic E-state index is 14.6. The highest BCUT2D eigenvalue weighted by molar-refractivity contribution is 7.88. The lowest BCUT2D eigenvalue weighted by atomic mass is 10.1. The van der Waals surface area contributed by atoms with Crippen molar-refractivity contribution >= 4 is 38.7 Å². The molecule has 0 spiro atoms. The fraction of sp³-hybridized carbons (Fsp3) is 0.250. The van der Waals surface area contributed by atoms with Crippen molar-refractivity contribution in [3.63, 3.8) is 0 Å². The Bertz CT molecular complexity index is 1440. The molecule has 1 saturated heterocycles. The average molecular weight is 519 g/mol. The van der Waals surface area contributed by atoms with Crippen LogP contribution in [0, 0.1) is 0 Å². The standard InChI is InChI=1S/C24H21F3N4O4S/c25-24(26)12-20(23(34)30-36(27,35)14-16-6-2-1-3-7-16)31(15-24)21(32)13-29-22(33)18-10-11-28-19-9-5-4-8-17(18)19/h1-11,20H,12-15H2,(H,29,33). The predicted octanol–water partition coefficient (Wildman–Crippen LogP) is 3.28. The van der Waals surface area contributed by atoms with Crippen molar-refractivity contribution in [3.8, 4) is 0 Å². The van der Waals surface area contributed by atoms with Gasteiger partial charge < -0.3 is 10.2 Å². The Morgan fingerprint density at radius 3 is 2.53 bits per heavy atom. The molecule has 1 aromatic heterocycles. The third kappa shape index (κ3) is 5.88. The van der Waals surface area contributed by atoms with Gasteiger partial charge in [-0.05, 0) is 17.7 Å². The lowest BCUT2D eigenvalue weighted by molar-refractivity contribution is -0.136. The maximum absolute atomic E-state index is 14.6. The fourth-order valence-corrected chi connectivity index (χ4v) is 5.01. The number of pyridine rings is 1. The fourth-order valence-electron chi connectivity index (χ4n) is 3.95. The molecule has 1 aliphatic rings. The van der Waals surface area contributed by atoms with Gasteiger partial charge in [0.05, 0.1) is 29.9 Å². The monoisotopic (exact) mass is 518 g/mol. The summed E-state index contributed by atoms with van der Waals surface area (Å²) in [4.78, 5) is 42.6. The normalized spacial score (nSPS) is 18.4. The average Bonchev–Trinajstić information content (AvgIpc) is 3.17. The summed E-state index contributed by atoms with van der Waals surface area (Å²) in [7, 11) is -4.57. The molecular formula is C24H21F3N4O4S. The van der Waals surface area contributed by atoms with E-state index in [0.29, 0.717) is 21.4 Å².